The highest BCUT2D eigenvalue weighted by Gasteiger charge is 2.21. The lowest BCUT2D eigenvalue weighted by Gasteiger charge is -2.28. The zero-order chi connectivity index (χ0) is 26.1. The number of anilines is 2. The number of rotatable bonds is 7. The summed E-state index contributed by atoms with van der Waals surface area (Å²) in [5.74, 6) is 1.90. The number of aromatic nitrogens is 5. The van der Waals surface area contributed by atoms with Crippen LogP contribution in [0.5, 0.6) is 0 Å². The van der Waals surface area contributed by atoms with Gasteiger partial charge < -0.3 is 19.7 Å². The molecule has 2 N–H and O–H groups in total. The Kier molecular flexibility index (Phi) is 6.61. The molecule has 5 heterocycles. The third-order valence-electron chi connectivity index (χ3n) is 6.23. The number of H-pyrrole nitrogens is 1. The summed E-state index contributed by atoms with van der Waals surface area (Å²) in [6.45, 7) is 7.11. The van der Waals surface area contributed by atoms with Crippen LogP contribution in [0.25, 0.3) is 32.5 Å². The molecule has 0 aliphatic carbocycles. The van der Waals surface area contributed by atoms with E-state index in [1.807, 2.05) is 38.2 Å². The van der Waals surface area contributed by atoms with Crippen molar-refractivity contribution >= 4 is 50.1 Å². The number of carbonyl (C=O) groups is 1. The van der Waals surface area contributed by atoms with Gasteiger partial charge in [-0.1, -0.05) is 12.1 Å². The van der Waals surface area contributed by atoms with Crippen molar-refractivity contribution in [2.75, 3.05) is 36.5 Å². The average Bonchev–Trinajstić information content (AvgIpc) is 3.58. The Labute approximate surface area is 223 Å². The van der Waals surface area contributed by atoms with E-state index in [1.165, 1.54) is 6.20 Å². The molecule has 0 saturated carbocycles. The number of thiophene rings is 1. The van der Waals surface area contributed by atoms with Gasteiger partial charge in [0.05, 0.1) is 53.4 Å². The number of benzene rings is 1. The van der Waals surface area contributed by atoms with Crippen molar-refractivity contribution in [2.45, 2.75) is 26.5 Å². The Balaban J connectivity index is 1.30. The predicted molar refractivity (Wildman–Crippen MR) is 148 cm³/mol. The first-order valence-corrected chi connectivity index (χ1v) is 13.3. The largest absolute Gasteiger partial charge is 0.459 e. The molecular weight excluding hydrogens is 502 g/mol. The van der Waals surface area contributed by atoms with Crippen molar-refractivity contribution in [1.29, 1.82) is 0 Å². The van der Waals surface area contributed by atoms with E-state index < -0.39 is 0 Å². The predicted octanol–water partition coefficient (Wildman–Crippen LogP) is 4.64. The van der Waals surface area contributed by atoms with Crippen LogP contribution >= 0.6 is 11.3 Å². The number of esters is 1. The standard InChI is InChI=1S/C27H27N7O3S/c1-16(2)37-27(35)17-6-7-23(28-13-17)29-14-18-12-22-24(38-18)26(34-8-10-36-11-9-34)32-25(31-22)19-4-3-5-21-20(19)15-30-33-21/h3-7,12-13,15-16H,8-11,14H2,1-2H3,(H,28,29)(H,30,33). The number of nitrogens with zero attached hydrogens (tertiary/aromatic N) is 5. The molecular formula is C27H27N7O3S. The molecule has 0 atom stereocenters. The normalized spacial score (nSPS) is 13.9. The molecule has 0 unspecified atom stereocenters. The molecule has 1 saturated heterocycles. The minimum atomic E-state index is -0.375. The molecule has 4 aromatic heterocycles. The summed E-state index contributed by atoms with van der Waals surface area (Å²) in [5.41, 5.74) is 3.22. The summed E-state index contributed by atoms with van der Waals surface area (Å²) in [6.07, 6.45) is 3.17. The number of fused-ring (bicyclic) bond motifs is 2. The lowest BCUT2D eigenvalue weighted by Crippen LogP contribution is -2.36. The number of nitrogens with one attached hydrogen (secondary N) is 2. The Hall–Kier alpha value is -4.09. The summed E-state index contributed by atoms with van der Waals surface area (Å²) >= 11 is 1.67. The molecule has 0 spiro atoms. The van der Waals surface area contributed by atoms with E-state index in [2.05, 4.69) is 31.5 Å². The van der Waals surface area contributed by atoms with Crippen molar-refractivity contribution in [3.8, 4) is 11.4 Å². The minimum Gasteiger partial charge on any atom is -0.459 e. The molecule has 6 rings (SSSR count). The summed E-state index contributed by atoms with van der Waals surface area (Å²) in [5, 5.41) is 11.6. The topological polar surface area (TPSA) is 118 Å². The van der Waals surface area contributed by atoms with Gasteiger partial charge in [-0.25, -0.2) is 19.7 Å². The first kappa shape index (κ1) is 24.3. The van der Waals surface area contributed by atoms with Crippen molar-refractivity contribution < 1.29 is 14.3 Å². The zero-order valence-corrected chi connectivity index (χ0v) is 21.9. The molecule has 194 valence electrons. The highest BCUT2D eigenvalue weighted by atomic mass is 32.1. The summed E-state index contributed by atoms with van der Waals surface area (Å²) in [6, 6.07) is 11.6. The fourth-order valence-corrected chi connectivity index (χ4v) is 5.46. The summed E-state index contributed by atoms with van der Waals surface area (Å²) in [4.78, 5) is 29.9. The highest BCUT2D eigenvalue weighted by Crippen LogP contribution is 2.36. The monoisotopic (exact) mass is 529 g/mol. The summed E-state index contributed by atoms with van der Waals surface area (Å²) in [7, 11) is 0. The number of hydrogen-bond acceptors (Lipinski definition) is 10. The number of morpholine rings is 1. The van der Waals surface area contributed by atoms with Crippen LogP contribution in [0.4, 0.5) is 11.6 Å². The van der Waals surface area contributed by atoms with E-state index in [-0.39, 0.29) is 12.1 Å². The average molecular weight is 530 g/mol. The molecule has 38 heavy (non-hydrogen) atoms. The zero-order valence-electron chi connectivity index (χ0n) is 21.1. The van der Waals surface area contributed by atoms with Gasteiger partial charge in [0.2, 0.25) is 0 Å². The van der Waals surface area contributed by atoms with E-state index >= 15 is 0 Å². The van der Waals surface area contributed by atoms with Gasteiger partial charge in [0.1, 0.15) is 5.82 Å². The highest BCUT2D eigenvalue weighted by molar-refractivity contribution is 7.19. The van der Waals surface area contributed by atoms with Gasteiger partial charge in [-0.3, -0.25) is 5.10 Å². The van der Waals surface area contributed by atoms with E-state index in [4.69, 9.17) is 19.4 Å². The van der Waals surface area contributed by atoms with Gasteiger partial charge in [-0.15, -0.1) is 11.3 Å². The van der Waals surface area contributed by atoms with Gasteiger partial charge >= 0.3 is 5.97 Å². The van der Waals surface area contributed by atoms with Gasteiger partial charge in [-0.05, 0) is 38.1 Å². The number of ether oxygens (including phenoxy) is 2. The van der Waals surface area contributed by atoms with Crippen LogP contribution in [0, 0.1) is 0 Å². The SMILES string of the molecule is CC(C)OC(=O)c1ccc(NCc2cc3nc(-c4cccc5[nH]ncc45)nc(N4CCOCC4)c3s2)nc1. The lowest BCUT2D eigenvalue weighted by atomic mass is 10.1. The quantitative estimate of drug-likeness (QED) is 0.291. The molecule has 1 fully saturated rings. The molecule has 1 aliphatic heterocycles. The van der Waals surface area contributed by atoms with E-state index in [1.54, 1.807) is 23.5 Å². The molecule has 5 aromatic rings. The van der Waals surface area contributed by atoms with E-state index in [9.17, 15) is 4.79 Å². The molecule has 0 bridgehead atoms. The van der Waals surface area contributed by atoms with Gasteiger partial charge in [0, 0.05) is 35.1 Å². The van der Waals surface area contributed by atoms with Crippen molar-refractivity contribution in [2.24, 2.45) is 0 Å². The maximum absolute atomic E-state index is 12.1. The van der Waals surface area contributed by atoms with Gasteiger partial charge in [-0.2, -0.15) is 5.10 Å². The van der Waals surface area contributed by atoms with Crippen LogP contribution in [0.1, 0.15) is 29.1 Å². The van der Waals surface area contributed by atoms with E-state index in [0.29, 0.717) is 37.0 Å². The second kappa shape index (κ2) is 10.3. The Morgan fingerprint density at radius 1 is 1.18 bits per heavy atom. The first-order chi connectivity index (χ1) is 18.5. The minimum absolute atomic E-state index is 0.174. The second-order valence-electron chi connectivity index (χ2n) is 9.27. The molecule has 1 aliphatic rings. The molecule has 0 amide bonds. The fraction of sp³-hybridized carbons (Fsp3) is 0.296. The van der Waals surface area contributed by atoms with Crippen LogP contribution in [-0.2, 0) is 16.0 Å². The van der Waals surface area contributed by atoms with Crippen LogP contribution in [0.2, 0.25) is 0 Å². The lowest BCUT2D eigenvalue weighted by molar-refractivity contribution is 0.0377. The maximum Gasteiger partial charge on any atom is 0.339 e. The molecule has 11 heteroatoms. The molecule has 10 nitrogen and oxygen atoms in total. The van der Waals surface area contributed by atoms with Crippen molar-refractivity contribution in [1.82, 2.24) is 25.1 Å². The van der Waals surface area contributed by atoms with Crippen LogP contribution in [0.15, 0.2) is 48.8 Å². The number of carbonyl (C=O) groups excluding carboxylic acids is 1. The second-order valence-corrected chi connectivity index (χ2v) is 10.4. The summed E-state index contributed by atoms with van der Waals surface area (Å²) < 4.78 is 11.9. The molecule has 0 radical (unpaired) electrons. The van der Waals surface area contributed by atoms with Crippen LogP contribution in [0.3, 0.4) is 0 Å². The third-order valence-corrected chi connectivity index (χ3v) is 7.35. The third kappa shape index (κ3) is 4.90. The molecule has 1 aromatic carbocycles. The van der Waals surface area contributed by atoms with E-state index in [0.717, 1.165) is 50.5 Å². The maximum atomic E-state index is 12.1. The fourth-order valence-electron chi connectivity index (χ4n) is 4.40. The first-order valence-electron chi connectivity index (χ1n) is 12.5. The van der Waals surface area contributed by atoms with Crippen molar-refractivity contribution in [3.63, 3.8) is 0 Å². The Bertz CT molecular complexity index is 1590. The van der Waals surface area contributed by atoms with Gasteiger partial charge in [0.15, 0.2) is 11.6 Å². The number of hydrogen-bond donors (Lipinski definition) is 2. The van der Waals surface area contributed by atoms with Gasteiger partial charge in [0.25, 0.3) is 0 Å². The Morgan fingerprint density at radius 2 is 2.05 bits per heavy atom. The smallest absolute Gasteiger partial charge is 0.339 e. The van der Waals surface area contributed by atoms with Crippen molar-refractivity contribution in [3.05, 3.63) is 59.2 Å². The van der Waals surface area contributed by atoms with Crippen LogP contribution in [-0.4, -0.2) is 63.5 Å². The Morgan fingerprint density at radius 3 is 2.84 bits per heavy atom. The number of aromatic amines is 1. The number of pyridine rings is 1. The van der Waals surface area contributed by atoms with Crippen LogP contribution < -0.4 is 10.2 Å².